The molecule has 0 spiro atoms. The molecular formula is C10H18N2. The first-order chi connectivity index (χ1) is 5.74. The molecule has 0 rings (SSSR count). The molecule has 0 radical (unpaired) electrons. The number of hydrogen-bond acceptors (Lipinski definition) is 2. The van der Waals surface area contributed by atoms with Gasteiger partial charge in [-0.1, -0.05) is 12.7 Å². The summed E-state index contributed by atoms with van der Waals surface area (Å²) in [7, 11) is 1.96. The van der Waals surface area contributed by atoms with Crippen molar-refractivity contribution in [3.05, 3.63) is 24.4 Å². The Kier molecular flexibility index (Phi) is 6.29. The van der Waals surface area contributed by atoms with E-state index in [0.717, 1.165) is 6.42 Å². The van der Waals surface area contributed by atoms with E-state index in [9.17, 15) is 0 Å². The summed E-state index contributed by atoms with van der Waals surface area (Å²) >= 11 is 0. The summed E-state index contributed by atoms with van der Waals surface area (Å²) in [6.07, 6.45) is 6.47. The van der Waals surface area contributed by atoms with E-state index in [2.05, 4.69) is 29.9 Å². The molecule has 2 nitrogen and oxygen atoms in total. The normalized spacial score (nSPS) is 15.1. The summed E-state index contributed by atoms with van der Waals surface area (Å²) in [5, 5.41) is 3.18. The zero-order valence-corrected chi connectivity index (χ0v) is 8.17. The molecule has 0 aromatic heterocycles. The Morgan fingerprint density at radius 3 is 2.75 bits per heavy atom. The van der Waals surface area contributed by atoms with Crippen molar-refractivity contribution < 1.29 is 0 Å². The lowest BCUT2D eigenvalue weighted by Gasteiger charge is -2.09. The highest BCUT2D eigenvalue weighted by Gasteiger charge is 1.99. The minimum atomic E-state index is 0.493. The average molecular weight is 166 g/mol. The predicted molar refractivity (Wildman–Crippen MR) is 55.6 cm³/mol. The monoisotopic (exact) mass is 166 g/mol. The van der Waals surface area contributed by atoms with Crippen LogP contribution in [0, 0.1) is 0 Å². The second-order valence-corrected chi connectivity index (χ2v) is 2.72. The number of allylic oxidation sites excluding steroid dienone is 1. The third-order valence-corrected chi connectivity index (χ3v) is 1.75. The van der Waals surface area contributed by atoms with Crippen LogP contribution in [0.5, 0.6) is 0 Å². The van der Waals surface area contributed by atoms with Gasteiger partial charge in [0.15, 0.2) is 0 Å². The molecule has 0 amide bonds. The van der Waals surface area contributed by atoms with E-state index in [1.54, 1.807) is 6.20 Å². The molecule has 68 valence electrons. The molecule has 0 heterocycles. The van der Waals surface area contributed by atoms with E-state index in [1.165, 1.54) is 5.57 Å². The molecule has 0 fully saturated rings. The molecule has 0 saturated heterocycles. The molecule has 0 saturated carbocycles. The van der Waals surface area contributed by atoms with Crippen LogP contribution in [0.3, 0.4) is 0 Å². The molecule has 0 bridgehead atoms. The van der Waals surface area contributed by atoms with Gasteiger partial charge in [0, 0.05) is 18.5 Å². The van der Waals surface area contributed by atoms with Crippen LogP contribution < -0.4 is 5.32 Å². The smallest absolute Gasteiger partial charge is 0.0296 e. The molecule has 1 unspecified atom stereocenters. The van der Waals surface area contributed by atoms with Gasteiger partial charge in [-0.3, -0.25) is 4.99 Å². The van der Waals surface area contributed by atoms with Gasteiger partial charge in [0.05, 0.1) is 0 Å². The van der Waals surface area contributed by atoms with Crippen molar-refractivity contribution in [2.75, 3.05) is 7.05 Å². The van der Waals surface area contributed by atoms with E-state index >= 15 is 0 Å². The predicted octanol–water partition coefficient (Wildman–Crippen LogP) is 2.14. The molecule has 1 atom stereocenters. The number of nitrogens with zero attached hydrogens (tertiary/aromatic N) is 1. The lowest BCUT2D eigenvalue weighted by Crippen LogP contribution is -2.21. The van der Waals surface area contributed by atoms with Gasteiger partial charge >= 0.3 is 0 Å². The highest BCUT2D eigenvalue weighted by Crippen LogP contribution is 2.02. The van der Waals surface area contributed by atoms with E-state index in [0.29, 0.717) is 6.04 Å². The fourth-order valence-corrected chi connectivity index (χ4v) is 0.849. The molecule has 0 aromatic carbocycles. The zero-order chi connectivity index (χ0) is 9.40. The van der Waals surface area contributed by atoms with Gasteiger partial charge in [0.25, 0.3) is 0 Å². The summed E-state index contributed by atoms with van der Waals surface area (Å²) in [4.78, 5) is 3.97. The van der Waals surface area contributed by atoms with Crippen molar-refractivity contribution in [3.8, 4) is 0 Å². The van der Waals surface area contributed by atoms with Crippen molar-refractivity contribution in [1.29, 1.82) is 0 Å². The van der Waals surface area contributed by atoms with Gasteiger partial charge in [-0.2, -0.15) is 0 Å². The zero-order valence-electron chi connectivity index (χ0n) is 8.17. The van der Waals surface area contributed by atoms with E-state index in [-0.39, 0.29) is 0 Å². The van der Waals surface area contributed by atoms with Crippen LogP contribution in [0.2, 0.25) is 0 Å². The Bertz CT molecular complexity index is 180. The molecule has 0 aliphatic heterocycles. The summed E-state index contributed by atoms with van der Waals surface area (Å²) in [5.74, 6) is 0. The third-order valence-electron chi connectivity index (χ3n) is 1.75. The van der Waals surface area contributed by atoms with E-state index in [4.69, 9.17) is 0 Å². The minimum absolute atomic E-state index is 0.493. The third kappa shape index (κ3) is 4.85. The molecule has 0 aliphatic rings. The van der Waals surface area contributed by atoms with Crippen LogP contribution in [-0.4, -0.2) is 19.3 Å². The Labute approximate surface area is 75.1 Å². The number of hydrogen-bond donors (Lipinski definition) is 1. The van der Waals surface area contributed by atoms with E-state index in [1.807, 2.05) is 20.2 Å². The van der Waals surface area contributed by atoms with Crippen LogP contribution >= 0.6 is 0 Å². The Hall–Kier alpha value is -0.890. The van der Waals surface area contributed by atoms with Crippen LogP contribution in [-0.2, 0) is 0 Å². The number of nitrogens with one attached hydrogen (secondary N) is 1. The standard InChI is InChI=1S/C10H18N2/c1-5-10(8-12-6-2)7-9(3)11-4/h5-6,8-9,11H,2,7H2,1,3-4H3/b10-5-,12-8?. The maximum Gasteiger partial charge on any atom is 0.0296 e. The quantitative estimate of drug-likeness (QED) is 0.622. The maximum absolute atomic E-state index is 3.97. The summed E-state index contributed by atoms with van der Waals surface area (Å²) in [6.45, 7) is 7.69. The first kappa shape index (κ1) is 11.1. The van der Waals surface area contributed by atoms with Crippen molar-refractivity contribution in [2.45, 2.75) is 26.3 Å². The van der Waals surface area contributed by atoms with Crippen LogP contribution in [0.1, 0.15) is 20.3 Å². The van der Waals surface area contributed by atoms with Crippen LogP contribution in [0.15, 0.2) is 29.4 Å². The topological polar surface area (TPSA) is 24.4 Å². The first-order valence-corrected chi connectivity index (χ1v) is 4.21. The maximum atomic E-state index is 3.97. The van der Waals surface area contributed by atoms with Gasteiger partial charge in [0.2, 0.25) is 0 Å². The Morgan fingerprint density at radius 1 is 1.67 bits per heavy atom. The molecule has 0 aliphatic carbocycles. The largest absolute Gasteiger partial charge is 0.317 e. The van der Waals surface area contributed by atoms with Crippen molar-refractivity contribution in [3.63, 3.8) is 0 Å². The lowest BCUT2D eigenvalue weighted by molar-refractivity contribution is 0.613. The van der Waals surface area contributed by atoms with Crippen molar-refractivity contribution >= 4 is 6.21 Å². The summed E-state index contributed by atoms with van der Waals surface area (Å²) < 4.78 is 0. The first-order valence-electron chi connectivity index (χ1n) is 4.21. The minimum Gasteiger partial charge on any atom is -0.317 e. The van der Waals surface area contributed by atoms with Crippen LogP contribution in [0.4, 0.5) is 0 Å². The van der Waals surface area contributed by atoms with Crippen LogP contribution in [0.25, 0.3) is 0 Å². The number of aliphatic imine (C=N–C) groups is 1. The highest BCUT2D eigenvalue weighted by molar-refractivity contribution is 5.78. The van der Waals surface area contributed by atoms with Gasteiger partial charge in [-0.25, -0.2) is 0 Å². The fraction of sp³-hybridized carbons (Fsp3) is 0.500. The summed E-state index contributed by atoms with van der Waals surface area (Å²) in [6, 6.07) is 0.493. The summed E-state index contributed by atoms with van der Waals surface area (Å²) in [5.41, 5.74) is 1.23. The SMILES string of the molecule is C=CN=C/C(=C\C)CC(C)NC. The van der Waals surface area contributed by atoms with Gasteiger partial charge < -0.3 is 5.32 Å². The molecule has 0 aromatic rings. The second kappa shape index (κ2) is 6.80. The van der Waals surface area contributed by atoms with Gasteiger partial charge in [-0.05, 0) is 32.9 Å². The van der Waals surface area contributed by atoms with Gasteiger partial charge in [0.1, 0.15) is 0 Å². The van der Waals surface area contributed by atoms with E-state index < -0.39 is 0 Å². The number of rotatable bonds is 5. The van der Waals surface area contributed by atoms with Crippen molar-refractivity contribution in [1.82, 2.24) is 5.32 Å². The second-order valence-electron chi connectivity index (χ2n) is 2.72. The molecule has 2 heteroatoms. The molecule has 12 heavy (non-hydrogen) atoms. The van der Waals surface area contributed by atoms with Crippen molar-refractivity contribution in [2.24, 2.45) is 4.99 Å². The highest BCUT2D eigenvalue weighted by atomic mass is 14.8. The average Bonchev–Trinajstić information content (AvgIpc) is 2.11. The Balaban J connectivity index is 4.01. The molecule has 1 N–H and O–H groups in total. The fourth-order valence-electron chi connectivity index (χ4n) is 0.849. The lowest BCUT2D eigenvalue weighted by atomic mass is 10.1. The molecular weight excluding hydrogens is 148 g/mol. The van der Waals surface area contributed by atoms with Gasteiger partial charge in [-0.15, -0.1) is 0 Å². The Morgan fingerprint density at radius 2 is 2.33 bits per heavy atom.